The van der Waals surface area contributed by atoms with Gasteiger partial charge in [0.15, 0.2) is 0 Å². The fourth-order valence-electron chi connectivity index (χ4n) is 3.03. The van der Waals surface area contributed by atoms with Gasteiger partial charge in [-0.15, -0.1) is 0 Å². The lowest BCUT2D eigenvalue weighted by Gasteiger charge is -2.20. The first-order valence-electron chi connectivity index (χ1n) is 8.75. The maximum Gasteiger partial charge on any atom is 0.255 e. The van der Waals surface area contributed by atoms with Crippen LogP contribution < -0.4 is 19.7 Å². The van der Waals surface area contributed by atoms with Crippen molar-refractivity contribution < 1.29 is 22.7 Å². The van der Waals surface area contributed by atoms with E-state index in [9.17, 15) is 18.0 Å². The number of nitrogens with zero attached hydrogens (tertiary/aromatic N) is 1. The van der Waals surface area contributed by atoms with Crippen molar-refractivity contribution in [2.45, 2.75) is 12.8 Å². The van der Waals surface area contributed by atoms with E-state index >= 15 is 0 Å². The molecule has 3 rings (SSSR count). The first-order chi connectivity index (χ1) is 13.7. The van der Waals surface area contributed by atoms with Gasteiger partial charge in [-0.1, -0.05) is 11.6 Å². The molecule has 0 saturated carbocycles. The van der Waals surface area contributed by atoms with E-state index in [0.717, 1.165) is 12.7 Å². The zero-order chi connectivity index (χ0) is 21.2. The van der Waals surface area contributed by atoms with Gasteiger partial charge in [0.25, 0.3) is 5.91 Å². The Morgan fingerprint density at radius 3 is 2.59 bits per heavy atom. The number of halogens is 1. The van der Waals surface area contributed by atoms with Gasteiger partial charge in [-0.25, -0.2) is 8.42 Å². The molecule has 1 fully saturated rings. The molecular formula is C19H20ClN3O5S. The Kier molecular flexibility index (Phi) is 5.99. The SMILES string of the molecule is COc1ccc(NC(=O)c2ccc(Cl)c(NS(C)(=O)=O)c2)cc1N1CCCC1=O. The van der Waals surface area contributed by atoms with Crippen LogP contribution in [0.25, 0.3) is 0 Å². The number of sulfonamides is 1. The normalized spacial score (nSPS) is 14.0. The van der Waals surface area contributed by atoms with Gasteiger partial charge in [0.1, 0.15) is 5.75 Å². The van der Waals surface area contributed by atoms with Gasteiger partial charge in [0.2, 0.25) is 15.9 Å². The molecule has 0 aromatic heterocycles. The predicted molar refractivity (Wildman–Crippen MR) is 112 cm³/mol. The topological polar surface area (TPSA) is 105 Å². The first-order valence-corrected chi connectivity index (χ1v) is 11.0. The fraction of sp³-hybridized carbons (Fsp3) is 0.263. The molecule has 2 aromatic rings. The Hall–Kier alpha value is -2.78. The molecule has 8 nitrogen and oxygen atoms in total. The number of carbonyl (C=O) groups is 2. The second-order valence-electron chi connectivity index (χ2n) is 6.56. The molecule has 0 unspecified atom stereocenters. The summed E-state index contributed by atoms with van der Waals surface area (Å²) in [5.41, 5.74) is 1.39. The summed E-state index contributed by atoms with van der Waals surface area (Å²) in [5, 5.41) is 2.92. The zero-order valence-corrected chi connectivity index (χ0v) is 17.4. The minimum absolute atomic E-state index is 0.000897. The molecule has 1 aliphatic rings. The third kappa shape index (κ3) is 4.99. The van der Waals surface area contributed by atoms with Crippen LogP contribution in [0.15, 0.2) is 36.4 Å². The van der Waals surface area contributed by atoms with Gasteiger partial charge in [-0.3, -0.25) is 14.3 Å². The molecule has 0 aliphatic carbocycles. The summed E-state index contributed by atoms with van der Waals surface area (Å²) in [5.74, 6) is 0.0763. The van der Waals surface area contributed by atoms with E-state index in [4.69, 9.17) is 16.3 Å². The van der Waals surface area contributed by atoms with Crippen molar-refractivity contribution in [2.24, 2.45) is 0 Å². The minimum Gasteiger partial charge on any atom is -0.495 e. The molecular weight excluding hydrogens is 418 g/mol. The molecule has 2 N–H and O–H groups in total. The van der Waals surface area contributed by atoms with Crippen molar-refractivity contribution in [1.29, 1.82) is 0 Å². The van der Waals surface area contributed by atoms with E-state index in [2.05, 4.69) is 10.0 Å². The molecule has 10 heteroatoms. The molecule has 0 spiro atoms. The van der Waals surface area contributed by atoms with Gasteiger partial charge in [-0.2, -0.15) is 0 Å². The largest absolute Gasteiger partial charge is 0.495 e. The van der Waals surface area contributed by atoms with Crippen LogP contribution in [0.1, 0.15) is 23.2 Å². The van der Waals surface area contributed by atoms with Crippen molar-refractivity contribution in [2.75, 3.05) is 34.8 Å². The maximum atomic E-state index is 12.7. The summed E-state index contributed by atoms with van der Waals surface area (Å²) < 4.78 is 30.5. The smallest absolute Gasteiger partial charge is 0.255 e. The summed E-state index contributed by atoms with van der Waals surface area (Å²) in [6.07, 6.45) is 2.23. The summed E-state index contributed by atoms with van der Waals surface area (Å²) in [6, 6.07) is 9.28. The predicted octanol–water partition coefficient (Wildman–Crippen LogP) is 3.10. The van der Waals surface area contributed by atoms with E-state index in [1.807, 2.05) is 0 Å². The fourth-order valence-corrected chi connectivity index (χ4v) is 3.82. The number of rotatable bonds is 6. The summed E-state index contributed by atoms with van der Waals surface area (Å²) in [4.78, 5) is 26.4. The Balaban J connectivity index is 1.86. The highest BCUT2D eigenvalue weighted by molar-refractivity contribution is 7.92. The summed E-state index contributed by atoms with van der Waals surface area (Å²) in [7, 11) is -2.03. The van der Waals surface area contributed by atoms with Gasteiger partial charge < -0.3 is 15.0 Å². The number of carbonyl (C=O) groups excluding carboxylic acids is 2. The number of benzene rings is 2. The Morgan fingerprint density at radius 2 is 1.97 bits per heavy atom. The Morgan fingerprint density at radius 1 is 1.21 bits per heavy atom. The van der Waals surface area contributed by atoms with Crippen molar-refractivity contribution >= 4 is 50.5 Å². The van der Waals surface area contributed by atoms with E-state index in [1.54, 1.807) is 23.1 Å². The van der Waals surface area contributed by atoms with Gasteiger partial charge in [0, 0.05) is 24.2 Å². The molecule has 1 saturated heterocycles. The van der Waals surface area contributed by atoms with Crippen molar-refractivity contribution in [3.8, 4) is 5.75 Å². The highest BCUT2D eigenvalue weighted by atomic mass is 35.5. The standard InChI is InChI=1S/C19H20ClN3O5S/c1-28-17-8-6-13(11-16(17)23-9-3-4-18(23)24)21-19(25)12-5-7-14(20)15(10-12)22-29(2,26)27/h5-8,10-11,22H,3-4,9H2,1-2H3,(H,21,25). The summed E-state index contributed by atoms with van der Waals surface area (Å²) in [6.45, 7) is 0.588. The number of hydrogen-bond donors (Lipinski definition) is 2. The van der Waals surface area contributed by atoms with Gasteiger partial charge >= 0.3 is 0 Å². The Bertz CT molecular complexity index is 1070. The zero-order valence-electron chi connectivity index (χ0n) is 15.9. The van der Waals surface area contributed by atoms with Crippen LogP contribution in [0.2, 0.25) is 5.02 Å². The lowest BCUT2D eigenvalue weighted by atomic mass is 10.1. The van der Waals surface area contributed by atoms with Gasteiger partial charge in [-0.05, 0) is 42.8 Å². The van der Waals surface area contributed by atoms with Gasteiger partial charge in [0.05, 0.1) is 29.8 Å². The minimum atomic E-state index is -3.55. The molecule has 0 radical (unpaired) electrons. The van der Waals surface area contributed by atoms with Crippen LogP contribution >= 0.6 is 11.6 Å². The lowest BCUT2D eigenvalue weighted by molar-refractivity contribution is -0.117. The summed E-state index contributed by atoms with van der Waals surface area (Å²) >= 11 is 6.00. The van der Waals surface area contributed by atoms with E-state index in [-0.39, 0.29) is 22.2 Å². The molecule has 2 aromatic carbocycles. The van der Waals surface area contributed by atoms with Crippen LogP contribution in [0.4, 0.5) is 17.1 Å². The van der Waals surface area contributed by atoms with Crippen molar-refractivity contribution in [1.82, 2.24) is 0 Å². The molecule has 2 amide bonds. The highest BCUT2D eigenvalue weighted by Crippen LogP contribution is 2.34. The number of hydrogen-bond acceptors (Lipinski definition) is 5. The van der Waals surface area contributed by atoms with Crippen LogP contribution in [0, 0.1) is 0 Å². The lowest BCUT2D eigenvalue weighted by Crippen LogP contribution is -2.24. The average molecular weight is 438 g/mol. The average Bonchev–Trinajstić information content (AvgIpc) is 3.08. The molecule has 1 aliphatic heterocycles. The van der Waals surface area contributed by atoms with Crippen LogP contribution in [-0.4, -0.2) is 40.1 Å². The second kappa shape index (κ2) is 8.30. The van der Waals surface area contributed by atoms with Crippen LogP contribution in [0.5, 0.6) is 5.75 Å². The third-order valence-electron chi connectivity index (χ3n) is 4.32. The quantitative estimate of drug-likeness (QED) is 0.722. The van der Waals surface area contributed by atoms with Crippen LogP contribution in [0.3, 0.4) is 0 Å². The number of methoxy groups -OCH3 is 1. The van der Waals surface area contributed by atoms with Crippen LogP contribution in [-0.2, 0) is 14.8 Å². The van der Waals surface area contributed by atoms with Crippen molar-refractivity contribution in [3.63, 3.8) is 0 Å². The maximum absolute atomic E-state index is 12.7. The number of ether oxygens (including phenoxy) is 1. The van der Waals surface area contributed by atoms with Crippen molar-refractivity contribution in [3.05, 3.63) is 47.0 Å². The third-order valence-corrected chi connectivity index (χ3v) is 5.25. The second-order valence-corrected chi connectivity index (χ2v) is 8.71. The first kappa shape index (κ1) is 20.9. The molecule has 0 bridgehead atoms. The van der Waals surface area contributed by atoms with E-state index in [0.29, 0.717) is 30.1 Å². The highest BCUT2D eigenvalue weighted by Gasteiger charge is 2.25. The molecule has 0 atom stereocenters. The number of nitrogens with one attached hydrogen (secondary N) is 2. The Labute approximate surface area is 173 Å². The molecule has 1 heterocycles. The number of amides is 2. The number of anilines is 3. The monoisotopic (exact) mass is 437 g/mol. The molecule has 29 heavy (non-hydrogen) atoms. The van der Waals surface area contributed by atoms with E-state index < -0.39 is 15.9 Å². The van der Waals surface area contributed by atoms with E-state index in [1.165, 1.54) is 25.3 Å². The molecule has 154 valence electrons.